The van der Waals surface area contributed by atoms with Gasteiger partial charge in [-0.2, -0.15) is 0 Å². The fourth-order valence-corrected chi connectivity index (χ4v) is 2.38. The molecule has 1 fully saturated rings. The molecule has 3 N–H and O–H groups in total. The highest BCUT2D eigenvalue weighted by Crippen LogP contribution is 2.21. The molecule has 0 aliphatic carbocycles. The van der Waals surface area contributed by atoms with Gasteiger partial charge in [-0.15, -0.1) is 0 Å². The summed E-state index contributed by atoms with van der Waals surface area (Å²) < 4.78 is 0. The maximum absolute atomic E-state index is 11.8. The Morgan fingerprint density at radius 3 is 3.05 bits per heavy atom. The zero-order valence-electron chi connectivity index (χ0n) is 10.5. The summed E-state index contributed by atoms with van der Waals surface area (Å²) in [5.41, 5.74) is 7.17. The van der Waals surface area contributed by atoms with E-state index >= 15 is 0 Å². The van der Waals surface area contributed by atoms with E-state index in [4.69, 9.17) is 5.73 Å². The summed E-state index contributed by atoms with van der Waals surface area (Å²) in [6.45, 7) is 1.80. The third kappa shape index (κ3) is 2.30. The molecule has 1 amide bonds. The number of rotatable bonds is 2. The number of fused-ring (bicyclic) bond motifs is 1. The van der Waals surface area contributed by atoms with Crippen molar-refractivity contribution < 1.29 is 4.79 Å². The van der Waals surface area contributed by atoms with Crippen molar-refractivity contribution in [2.75, 3.05) is 19.6 Å². The average molecular weight is 256 g/mol. The van der Waals surface area contributed by atoms with Crippen molar-refractivity contribution in [3.8, 4) is 0 Å². The first-order valence-corrected chi connectivity index (χ1v) is 6.35. The fraction of sp³-hybridized carbons (Fsp3) is 0.286. The lowest BCUT2D eigenvalue weighted by molar-refractivity contribution is -0.134. The molecular formula is C14H16N4O. The van der Waals surface area contributed by atoms with E-state index in [0.29, 0.717) is 13.1 Å². The summed E-state index contributed by atoms with van der Waals surface area (Å²) in [7, 11) is 0. The van der Waals surface area contributed by atoms with Crippen LogP contribution in [-0.4, -0.2) is 35.4 Å². The van der Waals surface area contributed by atoms with Crippen molar-refractivity contribution in [2.45, 2.75) is 6.17 Å². The SMILES string of the molecule is NC(c1ccc2cnccc2c1)N1CCNCC1=O. The van der Waals surface area contributed by atoms with Gasteiger partial charge in [0.15, 0.2) is 0 Å². The van der Waals surface area contributed by atoms with Gasteiger partial charge in [0.2, 0.25) is 5.91 Å². The van der Waals surface area contributed by atoms with Gasteiger partial charge in [0.1, 0.15) is 6.17 Å². The number of aromatic nitrogens is 1. The molecule has 2 aromatic rings. The van der Waals surface area contributed by atoms with Crippen molar-refractivity contribution >= 4 is 16.7 Å². The van der Waals surface area contributed by atoms with Crippen LogP contribution < -0.4 is 11.1 Å². The Kier molecular flexibility index (Phi) is 3.15. The molecule has 1 aromatic carbocycles. The minimum absolute atomic E-state index is 0.0496. The molecule has 0 spiro atoms. The smallest absolute Gasteiger partial charge is 0.238 e. The molecule has 5 nitrogen and oxygen atoms in total. The summed E-state index contributed by atoms with van der Waals surface area (Å²) in [5, 5.41) is 5.21. The molecule has 19 heavy (non-hydrogen) atoms. The molecule has 0 radical (unpaired) electrons. The van der Waals surface area contributed by atoms with Crippen molar-refractivity contribution in [3.05, 3.63) is 42.2 Å². The second-order valence-electron chi connectivity index (χ2n) is 4.69. The lowest BCUT2D eigenvalue weighted by Crippen LogP contribution is -2.51. The monoisotopic (exact) mass is 256 g/mol. The zero-order chi connectivity index (χ0) is 13.2. The highest BCUT2D eigenvalue weighted by Gasteiger charge is 2.24. The number of pyridine rings is 1. The first-order valence-electron chi connectivity index (χ1n) is 6.35. The molecule has 0 saturated carbocycles. The van der Waals surface area contributed by atoms with Crippen LogP contribution in [0.5, 0.6) is 0 Å². The molecule has 1 atom stereocenters. The number of nitrogens with zero attached hydrogens (tertiary/aromatic N) is 2. The van der Waals surface area contributed by atoms with E-state index in [1.165, 1.54) is 0 Å². The largest absolute Gasteiger partial charge is 0.321 e. The summed E-state index contributed by atoms with van der Waals surface area (Å²) in [5.74, 6) is 0.0496. The average Bonchev–Trinajstić information content (AvgIpc) is 2.46. The second-order valence-corrected chi connectivity index (χ2v) is 4.69. The Balaban J connectivity index is 1.92. The van der Waals surface area contributed by atoms with Gasteiger partial charge in [-0.05, 0) is 23.1 Å². The molecule has 1 aliphatic heterocycles. The first-order chi connectivity index (χ1) is 9.25. The summed E-state index contributed by atoms with van der Waals surface area (Å²) in [6.07, 6.45) is 3.20. The van der Waals surface area contributed by atoms with Crippen LogP contribution in [0.4, 0.5) is 0 Å². The number of hydrogen-bond acceptors (Lipinski definition) is 4. The van der Waals surface area contributed by atoms with Gasteiger partial charge in [0.05, 0.1) is 6.54 Å². The number of carbonyl (C=O) groups excluding carboxylic acids is 1. The van der Waals surface area contributed by atoms with E-state index < -0.39 is 0 Å². The zero-order valence-corrected chi connectivity index (χ0v) is 10.5. The van der Waals surface area contributed by atoms with Crippen LogP contribution >= 0.6 is 0 Å². The van der Waals surface area contributed by atoms with Crippen molar-refractivity contribution in [3.63, 3.8) is 0 Å². The van der Waals surface area contributed by atoms with Crippen molar-refractivity contribution in [2.24, 2.45) is 5.73 Å². The van der Waals surface area contributed by atoms with Crippen molar-refractivity contribution in [1.29, 1.82) is 0 Å². The topological polar surface area (TPSA) is 71.2 Å². The standard InChI is InChI=1S/C14H16N4O/c15-14(18-6-5-17-9-13(18)19)11-1-2-12-8-16-4-3-10(12)7-11/h1-4,7-8,14,17H,5-6,9,15H2. The Morgan fingerprint density at radius 1 is 1.32 bits per heavy atom. The Hall–Kier alpha value is -1.98. The number of nitrogens with one attached hydrogen (secondary N) is 1. The maximum Gasteiger partial charge on any atom is 0.238 e. The van der Waals surface area contributed by atoms with Gasteiger partial charge < -0.3 is 16.0 Å². The summed E-state index contributed by atoms with van der Waals surface area (Å²) >= 11 is 0. The van der Waals surface area contributed by atoms with Crippen LogP contribution in [0.1, 0.15) is 11.7 Å². The quantitative estimate of drug-likeness (QED) is 0.826. The van der Waals surface area contributed by atoms with Gasteiger partial charge in [-0.1, -0.05) is 12.1 Å². The van der Waals surface area contributed by atoms with Crippen molar-refractivity contribution in [1.82, 2.24) is 15.2 Å². The lowest BCUT2D eigenvalue weighted by atomic mass is 10.1. The van der Waals surface area contributed by atoms with E-state index in [1.807, 2.05) is 30.5 Å². The highest BCUT2D eigenvalue weighted by molar-refractivity contribution is 5.83. The molecule has 1 unspecified atom stereocenters. The van der Waals surface area contributed by atoms with Crippen LogP contribution in [0.2, 0.25) is 0 Å². The normalized spacial score (nSPS) is 17.7. The van der Waals surface area contributed by atoms with Crippen LogP contribution in [0, 0.1) is 0 Å². The summed E-state index contributed by atoms with van der Waals surface area (Å²) in [6, 6.07) is 7.93. The predicted molar refractivity (Wildman–Crippen MR) is 73.3 cm³/mol. The van der Waals surface area contributed by atoms with E-state index in [0.717, 1.165) is 22.9 Å². The molecule has 2 heterocycles. The predicted octanol–water partition coefficient (Wildman–Crippen LogP) is 0.624. The molecular weight excluding hydrogens is 240 g/mol. The minimum atomic E-state index is -0.382. The molecule has 5 heteroatoms. The Bertz CT molecular complexity index is 613. The van der Waals surface area contributed by atoms with Crippen LogP contribution in [-0.2, 0) is 4.79 Å². The second kappa shape index (κ2) is 4.95. The third-order valence-electron chi connectivity index (χ3n) is 3.47. The number of carbonyl (C=O) groups is 1. The molecule has 1 aliphatic rings. The molecule has 3 rings (SSSR count). The fourth-order valence-electron chi connectivity index (χ4n) is 2.38. The van der Waals surface area contributed by atoms with Gasteiger partial charge in [-0.3, -0.25) is 9.78 Å². The Labute approximate surface area is 111 Å². The third-order valence-corrected chi connectivity index (χ3v) is 3.47. The minimum Gasteiger partial charge on any atom is -0.321 e. The van der Waals surface area contributed by atoms with E-state index in [9.17, 15) is 4.79 Å². The van der Waals surface area contributed by atoms with Gasteiger partial charge in [0, 0.05) is 30.9 Å². The molecule has 0 bridgehead atoms. The maximum atomic E-state index is 11.8. The van der Waals surface area contributed by atoms with Gasteiger partial charge in [0.25, 0.3) is 0 Å². The first kappa shape index (κ1) is 12.1. The van der Waals surface area contributed by atoms with Gasteiger partial charge in [-0.25, -0.2) is 0 Å². The number of amides is 1. The van der Waals surface area contributed by atoms with Crippen LogP contribution in [0.25, 0.3) is 10.8 Å². The highest BCUT2D eigenvalue weighted by atomic mass is 16.2. The van der Waals surface area contributed by atoms with E-state index in [1.54, 1.807) is 11.1 Å². The Morgan fingerprint density at radius 2 is 2.21 bits per heavy atom. The summed E-state index contributed by atoms with van der Waals surface area (Å²) in [4.78, 5) is 17.7. The van der Waals surface area contributed by atoms with Crippen LogP contribution in [0.3, 0.4) is 0 Å². The van der Waals surface area contributed by atoms with Gasteiger partial charge >= 0.3 is 0 Å². The number of benzene rings is 1. The molecule has 1 saturated heterocycles. The molecule has 98 valence electrons. The number of nitrogens with two attached hydrogens (primary N) is 1. The van der Waals surface area contributed by atoms with E-state index in [-0.39, 0.29) is 12.1 Å². The van der Waals surface area contributed by atoms with E-state index in [2.05, 4.69) is 10.3 Å². The number of hydrogen-bond donors (Lipinski definition) is 2. The number of piperazine rings is 1. The van der Waals surface area contributed by atoms with Crippen LogP contribution in [0.15, 0.2) is 36.7 Å². The molecule has 1 aromatic heterocycles. The lowest BCUT2D eigenvalue weighted by Gasteiger charge is -2.32.